The molecule has 11 heavy (non-hydrogen) atoms. The molecule has 0 bridgehead atoms. The zero-order valence-corrected chi connectivity index (χ0v) is 6.60. The van der Waals surface area contributed by atoms with Gasteiger partial charge < -0.3 is 5.73 Å². The van der Waals surface area contributed by atoms with Crippen LogP contribution in [-0.4, -0.2) is 6.54 Å². The van der Waals surface area contributed by atoms with Crippen LogP contribution in [0, 0.1) is 0 Å². The average Bonchev–Trinajstić information content (AvgIpc) is 1.57. The Hall–Kier alpha value is -0.0300. The molecule has 0 saturated carbocycles. The second-order valence-electron chi connectivity index (χ2n) is 1.75. The van der Waals surface area contributed by atoms with E-state index in [9.17, 15) is 25.2 Å². The normalized spacial score (nSPS) is 17.5. The van der Waals surface area contributed by atoms with Crippen LogP contribution in [0.15, 0.2) is 0 Å². The molecular weight excluding hydrogens is 195 g/mol. The first-order chi connectivity index (χ1) is 4.36. The van der Waals surface area contributed by atoms with Crippen molar-refractivity contribution in [3.05, 3.63) is 0 Å². The number of rotatable bonds is 1. The molecule has 0 radical (unpaired) electrons. The summed E-state index contributed by atoms with van der Waals surface area (Å²) in [6.07, 6.45) is 1.10. The minimum Gasteiger partial charge on any atom is 1.00 e. The molecule has 2 N–H and O–H groups in total. The monoisotopic (exact) mass is 205 g/mol. The standard InChI is InChI=1S/C3H9N.F6P/c1-2-3-4;1-7(2,3,4,5)6/h2-4H2,1H3;/q;-1/p+1. The molecule has 0 rings (SSSR count). The first-order valence-electron chi connectivity index (χ1n) is 2.63. The third-order valence-electron chi connectivity index (χ3n) is 0.289. The van der Waals surface area contributed by atoms with Crippen molar-refractivity contribution in [2.24, 2.45) is 5.73 Å². The molecule has 0 aromatic heterocycles. The van der Waals surface area contributed by atoms with Gasteiger partial charge in [-0.2, -0.15) is 0 Å². The van der Waals surface area contributed by atoms with Gasteiger partial charge in [-0.05, 0) is 13.0 Å². The molecule has 0 aromatic rings. The van der Waals surface area contributed by atoms with Gasteiger partial charge in [0.25, 0.3) is 0 Å². The zero-order valence-electron chi connectivity index (χ0n) is 6.71. The van der Waals surface area contributed by atoms with E-state index >= 15 is 0 Å². The van der Waals surface area contributed by atoms with E-state index < -0.39 is 7.81 Å². The molecule has 8 heteroatoms. The molecule has 0 saturated heterocycles. The predicted octanol–water partition coefficient (Wildman–Crippen LogP) is 3.85. The van der Waals surface area contributed by atoms with E-state index in [1.54, 1.807) is 0 Å². The van der Waals surface area contributed by atoms with Crippen molar-refractivity contribution in [3.8, 4) is 0 Å². The molecule has 0 heterocycles. The summed E-state index contributed by atoms with van der Waals surface area (Å²) in [5, 5.41) is 0. The smallest absolute Gasteiger partial charge is 1.00 e. The van der Waals surface area contributed by atoms with Gasteiger partial charge in [-0.25, -0.2) is 0 Å². The quantitative estimate of drug-likeness (QED) is 0.510. The van der Waals surface area contributed by atoms with Gasteiger partial charge in [0.2, 0.25) is 0 Å². The second kappa shape index (κ2) is 2.79. The number of nitrogens with two attached hydrogens (primary N) is 1. The van der Waals surface area contributed by atoms with E-state index in [1.165, 1.54) is 0 Å². The van der Waals surface area contributed by atoms with Gasteiger partial charge in [-0.15, -0.1) is 0 Å². The van der Waals surface area contributed by atoms with Gasteiger partial charge in [-0.1, -0.05) is 6.92 Å². The maximum atomic E-state index is 9.87. The van der Waals surface area contributed by atoms with Crippen molar-refractivity contribution in [2.45, 2.75) is 13.3 Å². The summed E-state index contributed by atoms with van der Waals surface area (Å²) in [6, 6.07) is 0. The maximum Gasteiger partial charge on any atom is 1.00 e. The van der Waals surface area contributed by atoms with Crippen LogP contribution in [0.3, 0.4) is 0 Å². The molecule has 0 atom stereocenters. The van der Waals surface area contributed by atoms with E-state index in [2.05, 4.69) is 6.92 Å². The minimum absolute atomic E-state index is 0. The van der Waals surface area contributed by atoms with E-state index in [4.69, 9.17) is 5.73 Å². The fraction of sp³-hybridized carbons (Fsp3) is 1.00. The van der Waals surface area contributed by atoms with Crippen LogP contribution in [-0.2, 0) is 0 Å². The number of hydrogen-bond donors (Lipinski definition) is 1. The molecule has 0 spiro atoms. The van der Waals surface area contributed by atoms with Crippen LogP contribution >= 0.6 is 7.81 Å². The summed E-state index contributed by atoms with van der Waals surface area (Å²) < 4.78 is 59.2. The summed E-state index contributed by atoms with van der Waals surface area (Å²) in [5.41, 5.74) is 5.03. The molecule has 0 aliphatic heterocycles. The molecule has 0 aliphatic carbocycles. The SMILES string of the molecule is CCCN.F[P-](F)(F)(F)(F)F.[H+]. The van der Waals surface area contributed by atoms with Crippen LogP contribution in [0.1, 0.15) is 14.8 Å². The maximum absolute atomic E-state index is 10.7. The van der Waals surface area contributed by atoms with Crippen molar-refractivity contribution in [1.29, 1.82) is 0 Å². The molecule has 0 amide bonds. The summed E-state index contributed by atoms with van der Waals surface area (Å²) in [4.78, 5) is 0. The largest absolute Gasteiger partial charge is 1.00 e. The van der Waals surface area contributed by atoms with Crippen molar-refractivity contribution in [1.82, 2.24) is 0 Å². The molecule has 74 valence electrons. The summed E-state index contributed by atoms with van der Waals surface area (Å²) >= 11 is 0. The van der Waals surface area contributed by atoms with E-state index in [0.29, 0.717) is 0 Å². The van der Waals surface area contributed by atoms with Gasteiger partial charge in [0.05, 0.1) is 0 Å². The van der Waals surface area contributed by atoms with Gasteiger partial charge in [-0.3, -0.25) is 0 Å². The molecule has 0 aromatic carbocycles. The van der Waals surface area contributed by atoms with E-state index in [1.807, 2.05) is 0 Å². The first kappa shape index (κ1) is 13.6. The van der Waals surface area contributed by atoms with Crippen LogP contribution in [0.2, 0.25) is 0 Å². The average molecular weight is 205 g/mol. The summed E-state index contributed by atoms with van der Waals surface area (Å²) in [7, 11) is -10.7. The Labute approximate surface area is 61.3 Å². The Kier molecular flexibility index (Phi) is 3.43. The van der Waals surface area contributed by atoms with Gasteiger partial charge in [0.1, 0.15) is 0 Å². The Balaban J connectivity index is -0.000000142. The van der Waals surface area contributed by atoms with Gasteiger partial charge >= 0.3 is 34.4 Å². The zero-order chi connectivity index (χ0) is 9.82. The fourth-order valence-electron chi connectivity index (χ4n) is 0. The van der Waals surface area contributed by atoms with E-state index in [-0.39, 0.29) is 1.43 Å². The fourth-order valence-corrected chi connectivity index (χ4v) is 0. The van der Waals surface area contributed by atoms with Gasteiger partial charge in [0.15, 0.2) is 0 Å². The van der Waals surface area contributed by atoms with Crippen LogP contribution in [0.5, 0.6) is 0 Å². The Morgan fingerprint density at radius 3 is 1.18 bits per heavy atom. The van der Waals surface area contributed by atoms with Crippen LogP contribution < -0.4 is 5.73 Å². The third kappa shape index (κ3) is 673. The second-order valence-corrected chi connectivity index (χ2v) is 3.66. The molecule has 0 unspecified atom stereocenters. The van der Waals surface area contributed by atoms with Crippen molar-refractivity contribution in [3.63, 3.8) is 0 Å². The minimum atomic E-state index is -10.7. The van der Waals surface area contributed by atoms with Crippen molar-refractivity contribution >= 4 is 7.81 Å². The van der Waals surface area contributed by atoms with Crippen LogP contribution in [0.25, 0.3) is 0 Å². The molecule has 0 aliphatic rings. The van der Waals surface area contributed by atoms with Crippen LogP contribution in [0.4, 0.5) is 25.2 Å². The Morgan fingerprint density at radius 2 is 1.18 bits per heavy atom. The summed E-state index contributed by atoms with van der Waals surface area (Å²) in [6.45, 7) is 2.88. The van der Waals surface area contributed by atoms with Gasteiger partial charge in [0, 0.05) is 0 Å². The molecular formula is C3H10F6NP. The molecule has 0 fully saturated rings. The first-order valence-corrected chi connectivity index (χ1v) is 4.66. The number of hydrogen-bond acceptors (Lipinski definition) is 1. The van der Waals surface area contributed by atoms with E-state index in [0.717, 1.165) is 13.0 Å². The van der Waals surface area contributed by atoms with Crippen molar-refractivity contribution in [2.75, 3.05) is 6.54 Å². The third-order valence-corrected chi connectivity index (χ3v) is 0.289. The predicted molar refractivity (Wildman–Crippen MR) is 34.0 cm³/mol. The summed E-state index contributed by atoms with van der Waals surface area (Å²) in [5.74, 6) is 0. The topological polar surface area (TPSA) is 26.0 Å². The van der Waals surface area contributed by atoms with Crippen molar-refractivity contribution < 1.29 is 26.6 Å². The molecule has 1 nitrogen and oxygen atoms in total. The Bertz CT molecular complexity index is 101. The Morgan fingerprint density at radius 1 is 1.09 bits per heavy atom. The number of halogens is 6.